The van der Waals surface area contributed by atoms with Crippen molar-refractivity contribution in [1.82, 2.24) is 35.3 Å². The Morgan fingerprint density at radius 3 is 2.60 bits per heavy atom. The Bertz CT molecular complexity index is 1920. The van der Waals surface area contributed by atoms with Crippen molar-refractivity contribution in [2.24, 2.45) is 11.3 Å². The van der Waals surface area contributed by atoms with Crippen molar-refractivity contribution in [2.75, 3.05) is 44.2 Å². The lowest BCUT2D eigenvalue weighted by Gasteiger charge is -2.42. The van der Waals surface area contributed by atoms with Gasteiger partial charge in [0.05, 0.1) is 11.6 Å². The van der Waals surface area contributed by atoms with Gasteiger partial charge in [0.15, 0.2) is 0 Å². The van der Waals surface area contributed by atoms with Gasteiger partial charge < -0.3 is 14.8 Å². The monoisotopic (exact) mass is 676 g/mol. The van der Waals surface area contributed by atoms with Crippen LogP contribution in [0.25, 0.3) is 22.3 Å². The molecule has 3 fully saturated rings. The van der Waals surface area contributed by atoms with E-state index < -0.39 is 0 Å². The molecule has 11 nitrogen and oxygen atoms in total. The molecule has 0 radical (unpaired) electrons. The minimum absolute atomic E-state index is 0.0963. The SMILES string of the molecule is CC1CN(CC2CCN(c3ccc(C4CCC(=O)NC4=O)cn3)CC2)CCN1C(=O)c1ccc2cc(-c3n[nH]c4c3CCC(C)(C)C4)[nH]c2c1. The number of nitrogens with one attached hydrogen (secondary N) is 3. The molecule has 0 spiro atoms. The maximum Gasteiger partial charge on any atom is 0.254 e. The van der Waals surface area contributed by atoms with Gasteiger partial charge in [-0.25, -0.2) is 4.98 Å². The zero-order chi connectivity index (χ0) is 34.6. The largest absolute Gasteiger partial charge is 0.357 e. The maximum atomic E-state index is 13.8. The van der Waals surface area contributed by atoms with E-state index in [9.17, 15) is 14.4 Å². The summed E-state index contributed by atoms with van der Waals surface area (Å²) in [6, 6.07) is 12.3. The maximum absolute atomic E-state index is 13.8. The second-order valence-electron chi connectivity index (χ2n) is 15.8. The number of H-pyrrole nitrogens is 2. The van der Waals surface area contributed by atoms with E-state index in [0.717, 1.165) is 111 Å². The fourth-order valence-electron chi connectivity index (χ4n) is 8.64. The molecule has 0 bridgehead atoms. The summed E-state index contributed by atoms with van der Waals surface area (Å²) >= 11 is 0. The van der Waals surface area contributed by atoms with Crippen molar-refractivity contribution < 1.29 is 14.4 Å². The number of aromatic nitrogens is 4. The molecule has 1 aromatic carbocycles. The highest BCUT2D eigenvalue weighted by molar-refractivity contribution is 6.01. The number of rotatable bonds is 6. The van der Waals surface area contributed by atoms with Gasteiger partial charge in [0, 0.05) is 85.7 Å². The fourth-order valence-corrected chi connectivity index (χ4v) is 8.64. The fraction of sp³-hybridized carbons (Fsp3) is 0.513. The molecule has 2 atom stereocenters. The molecule has 11 heteroatoms. The zero-order valence-corrected chi connectivity index (χ0v) is 29.4. The average molecular weight is 677 g/mol. The molecule has 262 valence electrons. The number of imide groups is 1. The Morgan fingerprint density at radius 2 is 1.84 bits per heavy atom. The third kappa shape index (κ3) is 6.43. The standard InChI is InChI=1S/C39H48N8O3/c1-24-22-45(23-25-11-14-46(15-12-25)34-8-6-28(21-40-34)29-7-9-35(48)42-37(29)49)16-17-47(24)38(50)27-5-4-26-18-32(41-31(26)19-27)36-30-10-13-39(2,3)20-33(30)43-44-36/h4-6,8,18-19,21,24-25,29,41H,7,9-17,20,22-23H2,1-3H3,(H,43,44)(H,42,48,49). The van der Waals surface area contributed by atoms with Crippen LogP contribution < -0.4 is 10.2 Å². The number of amides is 3. The number of anilines is 1. The topological polar surface area (TPSA) is 130 Å². The number of benzene rings is 1. The number of pyridine rings is 1. The number of carbonyl (C=O) groups is 3. The lowest BCUT2D eigenvalue weighted by molar-refractivity contribution is -0.134. The quantitative estimate of drug-likeness (QED) is 0.244. The van der Waals surface area contributed by atoms with Gasteiger partial charge in [-0.3, -0.25) is 29.7 Å². The van der Waals surface area contributed by atoms with Crippen LogP contribution in [0.4, 0.5) is 5.82 Å². The number of hydrogen-bond acceptors (Lipinski definition) is 7. The van der Waals surface area contributed by atoms with Gasteiger partial charge >= 0.3 is 0 Å². The van der Waals surface area contributed by atoms with E-state index in [1.807, 2.05) is 29.2 Å². The molecule has 1 aliphatic carbocycles. The van der Waals surface area contributed by atoms with Crippen LogP contribution in [-0.2, 0) is 22.4 Å². The summed E-state index contributed by atoms with van der Waals surface area (Å²) in [6.07, 6.45) is 8.09. The van der Waals surface area contributed by atoms with Crippen LogP contribution in [0, 0.1) is 11.3 Å². The number of aromatic amines is 2. The minimum atomic E-state index is -0.305. The van der Waals surface area contributed by atoms with Crippen LogP contribution in [0.15, 0.2) is 42.6 Å². The first-order chi connectivity index (χ1) is 24.1. The number of piperazine rings is 1. The molecular formula is C39H48N8O3. The smallest absolute Gasteiger partial charge is 0.254 e. The lowest BCUT2D eigenvalue weighted by atomic mass is 9.76. The predicted molar refractivity (Wildman–Crippen MR) is 193 cm³/mol. The number of nitrogens with zero attached hydrogens (tertiary/aromatic N) is 5. The minimum Gasteiger partial charge on any atom is -0.357 e. The predicted octanol–water partition coefficient (Wildman–Crippen LogP) is 5.05. The summed E-state index contributed by atoms with van der Waals surface area (Å²) in [5.41, 5.74) is 7.44. The molecule has 8 rings (SSSR count). The average Bonchev–Trinajstić information content (AvgIpc) is 3.71. The molecule has 50 heavy (non-hydrogen) atoms. The highest BCUT2D eigenvalue weighted by Gasteiger charge is 2.33. The Morgan fingerprint density at radius 1 is 1.00 bits per heavy atom. The van der Waals surface area contributed by atoms with Gasteiger partial charge in [-0.05, 0) is 86.6 Å². The van der Waals surface area contributed by atoms with Crippen molar-refractivity contribution in [1.29, 1.82) is 0 Å². The van der Waals surface area contributed by atoms with Crippen molar-refractivity contribution in [2.45, 2.75) is 77.7 Å². The molecule has 4 aliphatic rings. The van der Waals surface area contributed by atoms with Gasteiger partial charge in [0.1, 0.15) is 11.5 Å². The van der Waals surface area contributed by atoms with Gasteiger partial charge in [-0.15, -0.1) is 0 Å². The molecule has 3 aliphatic heterocycles. The van der Waals surface area contributed by atoms with Gasteiger partial charge in [0.25, 0.3) is 5.91 Å². The van der Waals surface area contributed by atoms with Crippen LogP contribution in [-0.4, -0.2) is 93.0 Å². The van der Waals surface area contributed by atoms with Gasteiger partial charge in [-0.1, -0.05) is 26.0 Å². The number of carbonyl (C=O) groups excluding carboxylic acids is 3. The third-order valence-electron chi connectivity index (χ3n) is 11.6. The van der Waals surface area contributed by atoms with Crippen molar-refractivity contribution in [3.8, 4) is 11.4 Å². The summed E-state index contributed by atoms with van der Waals surface area (Å²) in [5.74, 6) is 0.921. The Labute approximate surface area is 293 Å². The second-order valence-corrected chi connectivity index (χ2v) is 15.8. The van der Waals surface area contributed by atoms with Crippen LogP contribution in [0.5, 0.6) is 0 Å². The number of piperidine rings is 2. The summed E-state index contributed by atoms with van der Waals surface area (Å²) in [5, 5.41) is 11.5. The van der Waals surface area contributed by atoms with Crippen LogP contribution in [0.2, 0.25) is 0 Å². The van der Waals surface area contributed by atoms with E-state index in [-0.39, 0.29) is 29.7 Å². The summed E-state index contributed by atoms with van der Waals surface area (Å²) < 4.78 is 0. The van der Waals surface area contributed by atoms with E-state index in [1.165, 1.54) is 11.3 Å². The Kier molecular flexibility index (Phi) is 8.49. The number of fused-ring (bicyclic) bond motifs is 2. The Hall–Kier alpha value is -4.51. The van der Waals surface area contributed by atoms with Crippen LogP contribution in [0.3, 0.4) is 0 Å². The summed E-state index contributed by atoms with van der Waals surface area (Å²) in [4.78, 5) is 52.7. The van der Waals surface area contributed by atoms with E-state index in [2.05, 4.69) is 63.1 Å². The highest BCUT2D eigenvalue weighted by Crippen LogP contribution is 2.38. The molecule has 0 saturated carbocycles. The van der Waals surface area contributed by atoms with E-state index in [0.29, 0.717) is 24.2 Å². The van der Waals surface area contributed by atoms with Crippen molar-refractivity contribution in [3.05, 3.63) is 65.0 Å². The van der Waals surface area contributed by atoms with Crippen LogP contribution in [0.1, 0.15) is 86.0 Å². The molecule has 4 aromatic rings. The van der Waals surface area contributed by atoms with Crippen molar-refractivity contribution in [3.63, 3.8) is 0 Å². The van der Waals surface area contributed by atoms with Gasteiger partial charge in [-0.2, -0.15) is 5.10 Å². The molecule has 3 saturated heterocycles. The van der Waals surface area contributed by atoms with Gasteiger partial charge in [0.2, 0.25) is 11.8 Å². The summed E-state index contributed by atoms with van der Waals surface area (Å²) in [6.45, 7) is 12.3. The van der Waals surface area contributed by atoms with E-state index in [4.69, 9.17) is 5.10 Å². The first-order valence-electron chi connectivity index (χ1n) is 18.4. The molecular weight excluding hydrogens is 628 g/mol. The normalized spacial score (nSPS) is 23.3. The molecule has 6 heterocycles. The van der Waals surface area contributed by atoms with Crippen LogP contribution >= 0.6 is 0 Å². The van der Waals surface area contributed by atoms with Crippen molar-refractivity contribution >= 4 is 34.4 Å². The summed E-state index contributed by atoms with van der Waals surface area (Å²) in [7, 11) is 0. The molecule has 3 N–H and O–H groups in total. The zero-order valence-electron chi connectivity index (χ0n) is 29.4. The first kappa shape index (κ1) is 32.7. The highest BCUT2D eigenvalue weighted by atomic mass is 16.2. The van der Waals surface area contributed by atoms with E-state index >= 15 is 0 Å². The first-order valence-corrected chi connectivity index (χ1v) is 18.4. The second kappa shape index (κ2) is 13.0. The van der Waals surface area contributed by atoms with E-state index in [1.54, 1.807) is 6.20 Å². The molecule has 3 amide bonds. The molecule has 2 unspecified atom stereocenters. The third-order valence-corrected chi connectivity index (χ3v) is 11.6. The molecule has 3 aromatic heterocycles. The lowest BCUT2D eigenvalue weighted by Crippen LogP contribution is -2.55. The Balaban J connectivity index is 0.839. The number of hydrogen-bond donors (Lipinski definition) is 3.